The topological polar surface area (TPSA) is 73.7 Å². The van der Waals surface area contributed by atoms with E-state index >= 15 is 0 Å². The van der Waals surface area contributed by atoms with E-state index in [0.29, 0.717) is 64.9 Å². The summed E-state index contributed by atoms with van der Waals surface area (Å²) in [5.74, 6) is 0.427. The molecule has 1 aliphatic rings. The Morgan fingerprint density at radius 3 is 2.67 bits per heavy atom. The molecule has 0 spiro atoms. The summed E-state index contributed by atoms with van der Waals surface area (Å²) in [5, 5.41) is 0.770. The first-order valence-corrected chi connectivity index (χ1v) is 12.5. The van der Waals surface area contributed by atoms with E-state index in [2.05, 4.69) is 0 Å². The highest BCUT2D eigenvalue weighted by atomic mass is 32.2. The molecule has 1 aliphatic heterocycles. The number of nitrogens with zero attached hydrogens (tertiary/aromatic N) is 3. The lowest BCUT2D eigenvalue weighted by molar-refractivity contribution is 0.0303. The number of benzene rings is 3. The summed E-state index contributed by atoms with van der Waals surface area (Å²) < 4.78 is 26.5. The van der Waals surface area contributed by atoms with Gasteiger partial charge in [0.2, 0.25) is 0 Å². The lowest BCUT2D eigenvalue weighted by atomic mass is 10.1. The van der Waals surface area contributed by atoms with Crippen LogP contribution in [-0.4, -0.2) is 53.8 Å². The molecule has 1 saturated heterocycles. The monoisotopic (exact) mass is 505 g/mol. The lowest BCUT2D eigenvalue weighted by Crippen LogP contribution is -2.40. The number of morpholine rings is 1. The molecule has 0 radical (unpaired) electrons. The average Bonchev–Trinajstić information content (AvgIpc) is 2.92. The summed E-state index contributed by atoms with van der Waals surface area (Å²) >= 11 is 1.25. The van der Waals surface area contributed by atoms with Crippen molar-refractivity contribution in [3.8, 4) is 11.4 Å². The minimum Gasteiger partial charge on any atom is -0.497 e. The Balaban J connectivity index is 1.60. The highest BCUT2D eigenvalue weighted by molar-refractivity contribution is 7.98. The minimum absolute atomic E-state index is 0.125. The zero-order chi connectivity index (χ0) is 25.1. The maximum atomic E-state index is 14.3. The van der Waals surface area contributed by atoms with Gasteiger partial charge in [-0.2, -0.15) is 0 Å². The number of amides is 1. The van der Waals surface area contributed by atoms with Gasteiger partial charge in [-0.1, -0.05) is 36.0 Å². The van der Waals surface area contributed by atoms with Crippen molar-refractivity contribution in [1.29, 1.82) is 0 Å². The predicted octanol–water partition coefficient (Wildman–Crippen LogP) is 4.30. The molecule has 36 heavy (non-hydrogen) atoms. The molecule has 2 heterocycles. The molecule has 1 fully saturated rings. The van der Waals surface area contributed by atoms with Gasteiger partial charge < -0.3 is 14.4 Å². The van der Waals surface area contributed by atoms with Gasteiger partial charge in [0.15, 0.2) is 5.16 Å². The van der Waals surface area contributed by atoms with Crippen LogP contribution in [0.15, 0.2) is 76.7 Å². The third-order valence-electron chi connectivity index (χ3n) is 6.01. The van der Waals surface area contributed by atoms with Gasteiger partial charge in [-0.15, -0.1) is 0 Å². The van der Waals surface area contributed by atoms with Crippen molar-refractivity contribution in [2.75, 3.05) is 33.4 Å². The maximum Gasteiger partial charge on any atom is 0.266 e. The number of ether oxygens (including phenoxy) is 2. The molecule has 184 valence electrons. The normalized spacial score (nSPS) is 13.7. The number of methoxy groups -OCH3 is 1. The zero-order valence-electron chi connectivity index (χ0n) is 19.6. The molecule has 0 bridgehead atoms. The smallest absolute Gasteiger partial charge is 0.266 e. The highest BCUT2D eigenvalue weighted by Gasteiger charge is 2.21. The van der Waals surface area contributed by atoms with E-state index in [0.717, 1.165) is 0 Å². The Morgan fingerprint density at radius 2 is 1.89 bits per heavy atom. The Bertz CT molecular complexity index is 1480. The van der Waals surface area contributed by atoms with Crippen LogP contribution < -0.4 is 10.3 Å². The van der Waals surface area contributed by atoms with E-state index in [4.69, 9.17) is 14.5 Å². The average molecular weight is 506 g/mol. The maximum absolute atomic E-state index is 14.3. The molecule has 0 saturated carbocycles. The van der Waals surface area contributed by atoms with Crippen LogP contribution >= 0.6 is 11.8 Å². The summed E-state index contributed by atoms with van der Waals surface area (Å²) in [6.07, 6.45) is 0. The van der Waals surface area contributed by atoms with Crippen molar-refractivity contribution in [3.05, 3.63) is 94.0 Å². The molecular weight excluding hydrogens is 481 g/mol. The van der Waals surface area contributed by atoms with Crippen molar-refractivity contribution < 1.29 is 18.7 Å². The van der Waals surface area contributed by atoms with Crippen LogP contribution in [0.1, 0.15) is 15.9 Å². The van der Waals surface area contributed by atoms with E-state index < -0.39 is 0 Å². The minimum atomic E-state index is -0.320. The second-order valence-corrected chi connectivity index (χ2v) is 9.20. The number of carbonyl (C=O) groups excluding carboxylic acids is 1. The van der Waals surface area contributed by atoms with Crippen molar-refractivity contribution in [3.63, 3.8) is 0 Å². The first-order valence-electron chi connectivity index (χ1n) is 11.5. The molecule has 1 amide bonds. The van der Waals surface area contributed by atoms with Gasteiger partial charge in [-0.05, 0) is 42.0 Å². The summed E-state index contributed by atoms with van der Waals surface area (Å²) in [4.78, 5) is 33.2. The van der Waals surface area contributed by atoms with Gasteiger partial charge in [-0.25, -0.2) is 9.37 Å². The zero-order valence-corrected chi connectivity index (χ0v) is 20.5. The second kappa shape index (κ2) is 10.5. The number of hydrogen-bond acceptors (Lipinski definition) is 6. The van der Waals surface area contributed by atoms with E-state index in [-0.39, 0.29) is 23.0 Å². The Morgan fingerprint density at radius 1 is 1.08 bits per heavy atom. The van der Waals surface area contributed by atoms with Gasteiger partial charge in [-0.3, -0.25) is 14.2 Å². The number of fused-ring (bicyclic) bond motifs is 1. The van der Waals surface area contributed by atoms with Gasteiger partial charge >= 0.3 is 0 Å². The molecule has 0 unspecified atom stereocenters. The first kappa shape index (κ1) is 24.0. The lowest BCUT2D eigenvalue weighted by Gasteiger charge is -2.26. The Labute approximate surface area is 211 Å². The molecule has 3 aromatic carbocycles. The summed E-state index contributed by atoms with van der Waals surface area (Å²) in [6, 6.07) is 18.6. The standard InChI is InChI=1S/C27H24FN3O4S/c1-34-21-7-4-6-20(16-21)31-26(33)22-10-9-18(25(32)30-11-13-35-14-12-30)15-24(22)29-27(31)36-17-19-5-2-3-8-23(19)28/h2-10,15-16H,11-14,17H2,1H3. The number of rotatable bonds is 6. The van der Waals surface area contributed by atoms with Gasteiger partial charge in [0.05, 0.1) is 36.9 Å². The molecule has 1 aromatic heterocycles. The number of carbonyl (C=O) groups is 1. The van der Waals surface area contributed by atoms with Crippen LogP contribution in [-0.2, 0) is 10.5 Å². The Hall–Kier alpha value is -3.69. The fraction of sp³-hybridized carbons (Fsp3) is 0.222. The molecule has 9 heteroatoms. The first-order chi connectivity index (χ1) is 17.5. The number of halogens is 1. The van der Waals surface area contributed by atoms with E-state index in [9.17, 15) is 14.0 Å². The third-order valence-corrected chi connectivity index (χ3v) is 7.00. The highest BCUT2D eigenvalue weighted by Crippen LogP contribution is 2.27. The van der Waals surface area contributed by atoms with Crippen LogP contribution in [0.2, 0.25) is 0 Å². The molecule has 5 rings (SSSR count). The largest absolute Gasteiger partial charge is 0.497 e. The van der Waals surface area contributed by atoms with Gasteiger partial charge in [0, 0.05) is 30.5 Å². The molecule has 0 aliphatic carbocycles. The van der Waals surface area contributed by atoms with Crippen molar-refractivity contribution in [2.45, 2.75) is 10.9 Å². The number of aromatic nitrogens is 2. The molecular formula is C27H24FN3O4S. The van der Waals surface area contributed by atoms with Gasteiger partial charge in [0.25, 0.3) is 11.5 Å². The number of hydrogen-bond donors (Lipinski definition) is 0. The van der Waals surface area contributed by atoms with Crippen molar-refractivity contribution in [1.82, 2.24) is 14.5 Å². The van der Waals surface area contributed by atoms with E-state index in [1.807, 2.05) is 0 Å². The SMILES string of the molecule is COc1cccc(-n2c(SCc3ccccc3F)nc3cc(C(=O)N4CCOCC4)ccc3c2=O)c1. The van der Waals surface area contributed by atoms with Crippen LogP contribution in [0.5, 0.6) is 5.75 Å². The Kier molecular flexibility index (Phi) is 7.02. The van der Waals surface area contributed by atoms with Crippen LogP contribution in [0.25, 0.3) is 16.6 Å². The quantitative estimate of drug-likeness (QED) is 0.287. The second-order valence-electron chi connectivity index (χ2n) is 8.25. The molecule has 7 nitrogen and oxygen atoms in total. The fourth-order valence-corrected chi connectivity index (χ4v) is 5.08. The van der Waals surface area contributed by atoms with Crippen LogP contribution in [0, 0.1) is 5.82 Å². The van der Waals surface area contributed by atoms with Crippen LogP contribution in [0.4, 0.5) is 4.39 Å². The molecule has 0 atom stereocenters. The van der Waals surface area contributed by atoms with E-state index in [1.54, 1.807) is 72.7 Å². The van der Waals surface area contributed by atoms with Crippen LogP contribution in [0.3, 0.4) is 0 Å². The van der Waals surface area contributed by atoms with Crippen molar-refractivity contribution in [2.24, 2.45) is 0 Å². The number of thioether (sulfide) groups is 1. The van der Waals surface area contributed by atoms with Crippen molar-refractivity contribution >= 4 is 28.6 Å². The van der Waals surface area contributed by atoms with Gasteiger partial charge in [0.1, 0.15) is 11.6 Å². The fourth-order valence-electron chi connectivity index (χ4n) is 4.08. The van der Waals surface area contributed by atoms with E-state index in [1.165, 1.54) is 22.4 Å². The predicted molar refractivity (Wildman–Crippen MR) is 137 cm³/mol. The molecule has 4 aromatic rings. The summed E-state index contributed by atoms with van der Waals surface area (Å²) in [7, 11) is 1.56. The summed E-state index contributed by atoms with van der Waals surface area (Å²) in [6.45, 7) is 2.04. The molecule has 0 N–H and O–H groups in total. The third kappa shape index (κ3) is 4.84. The summed E-state index contributed by atoms with van der Waals surface area (Å²) in [5.41, 5.74) is 1.67.